The number of hydrogen-bond acceptors (Lipinski definition) is 3. The molecule has 0 saturated heterocycles. The van der Waals surface area contributed by atoms with Crippen LogP contribution in [0.3, 0.4) is 0 Å². The number of aryl methyl sites for hydroxylation is 2. The van der Waals surface area contributed by atoms with Crippen molar-refractivity contribution in [3.8, 4) is 5.69 Å². The van der Waals surface area contributed by atoms with Crippen molar-refractivity contribution in [2.45, 2.75) is 20.4 Å². The van der Waals surface area contributed by atoms with Crippen molar-refractivity contribution in [1.29, 1.82) is 0 Å². The third-order valence-electron chi connectivity index (χ3n) is 4.04. The van der Waals surface area contributed by atoms with E-state index in [1.165, 1.54) is 4.80 Å². The van der Waals surface area contributed by atoms with Crippen molar-refractivity contribution < 1.29 is 4.79 Å². The molecule has 0 spiro atoms. The second kappa shape index (κ2) is 7.07. The fourth-order valence-corrected chi connectivity index (χ4v) is 2.77. The number of benzene rings is 2. The summed E-state index contributed by atoms with van der Waals surface area (Å²) in [6.45, 7) is 4.34. The van der Waals surface area contributed by atoms with Gasteiger partial charge in [-0.25, -0.2) is 0 Å². The van der Waals surface area contributed by atoms with Crippen LogP contribution in [0, 0.1) is 13.8 Å². The zero-order valence-corrected chi connectivity index (χ0v) is 15.2. The fraction of sp³-hybridized carbons (Fsp3) is 0.211. The standard InChI is InChI=1S/C19H19ClN4O/c1-13-7-4-5-8-15(13)12-23(3)19(25)18-14(2)21-24(22-18)17-10-6-9-16(20)11-17/h4-11H,12H2,1-3H3. The van der Waals surface area contributed by atoms with Gasteiger partial charge in [-0.15, -0.1) is 5.10 Å². The molecule has 1 amide bonds. The third-order valence-corrected chi connectivity index (χ3v) is 4.27. The van der Waals surface area contributed by atoms with Gasteiger partial charge in [0, 0.05) is 18.6 Å². The zero-order chi connectivity index (χ0) is 18.0. The molecule has 0 aliphatic heterocycles. The van der Waals surface area contributed by atoms with Gasteiger partial charge in [0.1, 0.15) is 0 Å². The second-order valence-electron chi connectivity index (χ2n) is 5.99. The Labute approximate surface area is 151 Å². The average molecular weight is 355 g/mol. The fourth-order valence-electron chi connectivity index (χ4n) is 2.59. The Kier molecular flexibility index (Phi) is 4.86. The lowest BCUT2D eigenvalue weighted by molar-refractivity contribution is 0.0778. The normalized spacial score (nSPS) is 10.7. The number of amides is 1. The molecule has 0 unspecified atom stereocenters. The van der Waals surface area contributed by atoms with Gasteiger partial charge in [-0.1, -0.05) is 41.9 Å². The Bertz CT molecular complexity index is 919. The van der Waals surface area contributed by atoms with Crippen LogP contribution in [0.2, 0.25) is 5.02 Å². The van der Waals surface area contributed by atoms with Gasteiger partial charge in [-0.2, -0.15) is 9.90 Å². The van der Waals surface area contributed by atoms with Crippen molar-refractivity contribution in [3.63, 3.8) is 0 Å². The van der Waals surface area contributed by atoms with E-state index in [0.717, 1.165) is 16.8 Å². The third kappa shape index (κ3) is 3.72. The molecule has 128 valence electrons. The van der Waals surface area contributed by atoms with Crippen LogP contribution in [0.4, 0.5) is 0 Å². The Morgan fingerprint density at radius 1 is 1.12 bits per heavy atom. The first-order valence-corrected chi connectivity index (χ1v) is 8.33. The van der Waals surface area contributed by atoms with E-state index in [2.05, 4.69) is 10.2 Å². The lowest BCUT2D eigenvalue weighted by Crippen LogP contribution is -2.27. The van der Waals surface area contributed by atoms with E-state index in [9.17, 15) is 4.79 Å². The van der Waals surface area contributed by atoms with Crippen LogP contribution in [-0.2, 0) is 6.54 Å². The van der Waals surface area contributed by atoms with Crippen LogP contribution < -0.4 is 0 Å². The van der Waals surface area contributed by atoms with Gasteiger partial charge in [0.25, 0.3) is 5.91 Å². The quantitative estimate of drug-likeness (QED) is 0.715. The van der Waals surface area contributed by atoms with Crippen LogP contribution in [0.15, 0.2) is 48.5 Å². The molecule has 2 aromatic carbocycles. The van der Waals surface area contributed by atoms with E-state index in [4.69, 9.17) is 11.6 Å². The lowest BCUT2D eigenvalue weighted by Gasteiger charge is -2.17. The van der Waals surface area contributed by atoms with Crippen molar-refractivity contribution in [3.05, 3.63) is 76.1 Å². The van der Waals surface area contributed by atoms with E-state index < -0.39 is 0 Å². The summed E-state index contributed by atoms with van der Waals surface area (Å²) in [6.07, 6.45) is 0. The summed E-state index contributed by atoms with van der Waals surface area (Å²) in [5.41, 5.74) is 3.91. The van der Waals surface area contributed by atoms with E-state index >= 15 is 0 Å². The number of nitrogens with zero attached hydrogens (tertiary/aromatic N) is 4. The first-order chi connectivity index (χ1) is 12.0. The van der Waals surface area contributed by atoms with Crippen molar-refractivity contribution in [2.75, 3.05) is 7.05 Å². The number of rotatable bonds is 4. The largest absolute Gasteiger partial charge is 0.336 e. The smallest absolute Gasteiger partial charge is 0.276 e. The molecule has 6 heteroatoms. The minimum absolute atomic E-state index is 0.158. The Balaban J connectivity index is 1.84. The monoisotopic (exact) mass is 354 g/mol. The predicted octanol–water partition coefficient (Wildman–Crippen LogP) is 3.81. The predicted molar refractivity (Wildman–Crippen MR) is 98.1 cm³/mol. The van der Waals surface area contributed by atoms with E-state index in [1.54, 1.807) is 31.0 Å². The minimum Gasteiger partial charge on any atom is -0.336 e. The summed E-state index contributed by atoms with van der Waals surface area (Å²) in [5.74, 6) is -0.158. The van der Waals surface area contributed by atoms with E-state index in [-0.39, 0.29) is 5.91 Å². The maximum atomic E-state index is 12.8. The second-order valence-corrected chi connectivity index (χ2v) is 6.43. The van der Waals surface area contributed by atoms with Crippen molar-refractivity contribution in [2.24, 2.45) is 0 Å². The van der Waals surface area contributed by atoms with Gasteiger partial charge in [0.15, 0.2) is 5.69 Å². The van der Waals surface area contributed by atoms with Crippen LogP contribution in [0.1, 0.15) is 27.3 Å². The molecule has 0 bridgehead atoms. The highest BCUT2D eigenvalue weighted by molar-refractivity contribution is 6.30. The van der Waals surface area contributed by atoms with Crippen molar-refractivity contribution >= 4 is 17.5 Å². The van der Waals surface area contributed by atoms with Gasteiger partial charge >= 0.3 is 0 Å². The highest BCUT2D eigenvalue weighted by Crippen LogP contribution is 2.16. The highest BCUT2D eigenvalue weighted by Gasteiger charge is 2.20. The summed E-state index contributed by atoms with van der Waals surface area (Å²) in [5, 5.41) is 9.31. The van der Waals surface area contributed by atoms with E-state index in [0.29, 0.717) is 23.0 Å². The summed E-state index contributed by atoms with van der Waals surface area (Å²) < 4.78 is 0. The molecule has 25 heavy (non-hydrogen) atoms. The average Bonchev–Trinajstić information content (AvgIpc) is 2.98. The number of carbonyl (C=O) groups is 1. The van der Waals surface area contributed by atoms with Gasteiger partial charge in [0.2, 0.25) is 0 Å². The summed E-state index contributed by atoms with van der Waals surface area (Å²) >= 11 is 6.02. The van der Waals surface area contributed by atoms with Gasteiger partial charge in [-0.05, 0) is 43.2 Å². The maximum absolute atomic E-state index is 12.8. The van der Waals surface area contributed by atoms with Crippen LogP contribution >= 0.6 is 11.6 Å². The van der Waals surface area contributed by atoms with Gasteiger partial charge in [-0.3, -0.25) is 4.79 Å². The Morgan fingerprint density at radius 3 is 2.60 bits per heavy atom. The molecule has 3 rings (SSSR count). The number of aromatic nitrogens is 3. The Morgan fingerprint density at radius 2 is 1.88 bits per heavy atom. The van der Waals surface area contributed by atoms with Gasteiger partial charge in [0.05, 0.1) is 11.4 Å². The summed E-state index contributed by atoms with van der Waals surface area (Å²) in [4.78, 5) is 15.9. The first-order valence-electron chi connectivity index (χ1n) is 7.95. The molecule has 0 atom stereocenters. The number of carbonyl (C=O) groups excluding carboxylic acids is 1. The topological polar surface area (TPSA) is 51.0 Å². The molecule has 0 radical (unpaired) electrons. The molecule has 5 nitrogen and oxygen atoms in total. The molecule has 0 aliphatic carbocycles. The SMILES string of the molecule is Cc1ccccc1CN(C)C(=O)c1nn(-c2cccc(Cl)c2)nc1C. The molecular formula is C19H19ClN4O. The molecule has 1 heterocycles. The number of hydrogen-bond donors (Lipinski definition) is 0. The summed E-state index contributed by atoms with van der Waals surface area (Å²) in [6, 6.07) is 15.2. The Hall–Kier alpha value is -2.66. The maximum Gasteiger partial charge on any atom is 0.276 e. The molecule has 0 N–H and O–H groups in total. The van der Waals surface area contributed by atoms with Crippen LogP contribution in [0.5, 0.6) is 0 Å². The molecular weight excluding hydrogens is 336 g/mol. The molecule has 1 aromatic heterocycles. The highest BCUT2D eigenvalue weighted by atomic mass is 35.5. The lowest BCUT2D eigenvalue weighted by atomic mass is 10.1. The van der Waals surface area contributed by atoms with Crippen LogP contribution in [0.25, 0.3) is 5.69 Å². The number of halogens is 1. The minimum atomic E-state index is -0.158. The first kappa shape index (κ1) is 17.2. The van der Waals surface area contributed by atoms with Crippen LogP contribution in [-0.4, -0.2) is 32.8 Å². The molecule has 0 saturated carbocycles. The molecule has 0 aliphatic rings. The van der Waals surface area contributed by atoms with Crippen molar-refractivity contribution in [1.82, 2.24) is 19.9 Å². The van der Waals surface area contributed by atoms with Gasteiger partial charge < -0.3 is 4.90 Å². The summed E-state index contributed by atoms with van der Waals surface area (Å²) in [7, 11) is 1.77. The molecule has 0 fully saturated rings. The zero-order valence-electron chi connectivity index (χ0n) is 14.4. The van der Waals surface area contributed by atoms with E-state index in [1.807, 2.05) is 43.3 Å². The molecule has 3 aromatic rings.